The fourth-order valence-electron chi connectivity index (χ4n) is 2.15. The normalized spacial score (nSPS) is 20.8. The maximum atomic E-state index is 12.5. The van der Waals surface area contributed by atoms with Crippen LogP contribution < -0.4 is 0 Å². The van der Waals surface area contributed by atoms with E-state index in [1.54, 1.807) is 6.92 Å². The highest BCUT2D eigenvalue weighted by Gasteiger charge is 2.25. The van der Waals surface area contributed by atoms with E-state index in [4.69, 9.17) is 4.74 Å². The summed E-state index contributed by atoms with van der Waals surface area (Å²) in [6.07, 6.45) is 2.69. The summed E-state index contributed by atoms with van der Waals surface area (Å²) in [7, 11) is 0. The quantitative estimate of drug-likeness (QED) is 0.737. The highest BCUT2D eigenvalue weighted by molar-refractivity contribution is 4.96. The minimum absolute atomic E-state index is 0.201. The third-order valence-corrected chi connectivity index (χ3v) is 3.04. The van der Waals surface area contributed by atoms with Crippen LogP contribution in [0.3, 0.4) is 0 Å². The molecule has 106 valence electrons. The van der Waals surface area contributed by atoms with Crippen LogP contribution in [-0.2, 0) is 9.47 Å². The largest absolute Gasteiger partial charge is 0.512 e. The van der Waals surface area contributed by atoms with Gasteiger partial charge in [-0.25, -0.2) is 0 Å². The van der Waals surface area contributed by atoms with Gasteiger partial charge < -0.3 is 14.6 Å². The van der Waals surface area contributed by atoms with Gasteiger partial charge in [0, 0.05) is 12.8 Å². The highest BCUT2D eigenvalue weighted by atomic mass is 19.3. The summed E-state index contributed by atoms with van der Waals surface area (Å²) in [6, 6.07) is 0. The minimum atomic E-state index is -3.15. The molecule has 0 aromatic carbocycles. The first-order chi connectivity index (χ1) is 8.42. The number of rotatable bonds is 6. The number of hydrogen-bond donors (Lipinski definition) is 1. The molecule has 0 aromatic rings. The summed E-state index contributed by atoms with van der Waals surface area (Å²) in [5.41, 5.74) is 0. The molecule has 1 unspecified atom stereocenters. The summed E-state index contributed by atoms with van der Waals surface area (Å²) in [4.78, 5) is 0. The summed E-state index contributed by atoms with van der Waals surface area (Å²) in [6.45, 7) is 2.15. The SMILES string of the molecule is CC(COC(C)(F)F)O/C(=C/O)C1CCCCC1. The van der Waals surface area contributed by atoms with Gasteiger partial charge in [0.1, 0.15) is 18.1 Å². The Hall–Kier alpha value is -0.840. The molecule has 1 aliphatic carbocycles. The molecule has 0 radical (unpaired) electrons. The average molecular weight is 264 g/mol. The molecule has 5 heteroatoms. The van der Waals surface area contributed by atoms with Gasteiger partial charge in [-0.2, -0.15) is 8.78 Å². The molecular formula is C13H22F2O3. The fraction of sp³-hybridized carbons (Fsp3) is 0.846. The first-order valence-electron chi connectivity index (χ1n) is 6.45. The molecule has 3 nitrogen and oxygen atoms in total. The monoisotopic (exact) mass is 264 g/mol. The number of halogens is 2. The number of hydrogen-bond acceptors (Lipinski definition) is 3. The van der Waals surface area contributed by atoms with Gasteiger partial charge in [0.15, 0.2) is 0 Å². The van der Waals surface area contributed by atoms with Gasteiger partial charge in [-0.15, -0.1) is 0 Å². The van der Waals surface area contributed by atoms with Crippen LogP contribution in [0.15, 0.2) is 12.0 Å². The Labute approximate surface area is 107 Å². The predicted octanol–water partition coefficient (Wildman–Crippen LogP) is 4.00. The first-order valence-corrected chi connectivity index (χ1v) is 6.45. The van der Waals surface area contributed by atoms with Crippen molar-refractivity contribution >= 4 is 0 Å². The van der Waals surface area contributed by atoms with Crippen molar-refractivity contribution in [2.45, 2.75) is 58.2 Å². The molecule has 1 fully saturated rings. The Bertz CT molecular complexity index is 268. The van der Waals surface area contributed by atoms with Crippen LogP contribution >= 0.6 is 0 Å². The fourth-order valence-corrected chi connectivity index (χ4v) is 2.15. The van der Waals surface area contributed by atoms with E-state index < -0.39 is 12.2 Å². The molecule has 1 atom stereocenters. The van der Waals surface area contributed by atoms with Crippen LogP contribution in [0.1, 0.15) is 46.0 Å². The first kappa shape index (κ1) is 15.2. The topological polar surface area (TPSA) is 38.7 Å². The average Bonchev–Trinajstić information content (AvgIpc) is 2.33. The summed E-state index contributed by atoms with van der Waals surface area (Å²) >= 11 is 0. The second-order valence-corrected chi connectivity index (χ2v) is 4.91. The van der Waals surface area contributed by atoms with E-state index in [0.29, 0.717) is 12.7 Å². The lowest BCUT2D eigenvalue weighted by atomic mass is 9.88. The molecule has 0 amide bonds. The minimum Gasteiger partial charge on any atom is -0.512 e. The number of aliphatic hydroxyl groups is 1. The Morgan fingerprint density at radius 3 is 2.50 bits per heavy atom. The maximum absolute atomic E-state index is 12.5. The number of aliphatic hydroxyl groups excluding tert-OH is 1. The van der Waals surface area contributed by atoms with Crippen molar-refractivity contribution in [1.82, 2.24) is 0 Å². The van der Waals surface area contributed by atoms with Crippen LogP contribution in [0.5, 0.6) is 0 Å². The summed E-state index contributed by atoms with van der Waals surface area (Å²) in [5.74, 6) is 0.693. The van der Waals surface area contributed by atoms with E-state index in [9.17, 15) is 13.9 Å². The van der Waals surface area contributed by atoms with Gasteiger partial charge in [0.2, 0.25) is 0 Å². The van der Waals surface area contributed by atoms with E-state index in [1.807, 2.05) is 0 Å². The van der Waals surface area contributed by atoms with E-state index >= 15 is 0 Å². The lowest BCUT2D eigenvalue weighted by Crippen LogP contribution is -2.25. The molecular weight excluding hydrogens is 242 g/mol. The zero-order chi connectivity index (χ0) is 13.6. The van der Waals surface area contributed by atoms with Gasteiger partial charge >= 0.3 is 6.11 Å². The molecule has 0 spiro atoms. The van der Waals surface area contributed by atoms with Crippen molar-refractivity contribution in [3.05, 3.63) is 12.0 Å². The Morgan fingerprint density at radius 2 is 2.00 bits per heavy atom. The number of allylic oxidation sites excluding steroid dienone is 1. The van der Waals surface area contributed by atoms with Gasteiger partial charge in [0.05, 0.1) is 6.61 Å². The predicted molar refractivity (Wildman–Crippen MR) is 64.4 cm³/mol. The molecule has 0 saturated heterocycles. The lowest BCUT2D eigenvalue weighted by molar-refractivity contribution is -0.235. The van der Waals surface area contributed by atoms with E-state index in [0.717, 1.165) is 31.9 Å². The van der Waals surface area contributed by atoms with Gasteiger partial charge in [0.25, 0.3) is 0 Å². The van der Waals surface area contributed by atoms with Crippen LogP contribution in [0.4, 0.5) is 8.78 Å². The van der Waals surface area contributed by atoms with Crippen LogP contribution in [0.2, 0.25) is 0 Å². The standard InChI is InChI=1S/C13H22F2O3/c1-10(9-17-13(2,14)15)18-12(8-16)11-6-4-3-5-7-11/h8,10-11,16H,3-7,9H2,1-2H3/b12-8+. The number of alkyl halides is 2. The smallest absolute Gasteiger partial charge is 0.353 e. The Morgan fingerprint density at radius 1 is 1.39 bits per heavy atom. The van der Waals surface area contributed by atoms with Crippen molar-refractivity contribution in [3.63, 3.8) is 0 Å². The second kappa shape index (κ2) is 6.92. The second-order valence-electron chi connectivity index (χ2n) is 4.91. The van der Waals surface area contributed by atoms with Gasteiger partial charge in [-0.3, -0.25) is 0 Å². The molecule has 0 aromatic heterocycles. The molecule has 1 N–H and O–H groups in total. The van der Waals surface area contributed by atoms with Crippen molar-refractivity contribution in [2.24, 2.45) is 5.92 Å². The molecule has 18 heavy (non-hydrogen) atoms. The zero-order valence-corrected chi connectivity index (χ0v) is 11.0. The van der Waals surface area contributed by atoms with Crippen molar-refractivity contribution in [3.8, 4) is 0 Å². The van der Waals surface area contributed by atoms with E-state index in [2.05, 4.69) is 4.74 Å². The lowest BCUT2D eigenvalue weighted by Gasteiger charge is -2.26. The third kappa shape index (κ3) is 5.67. The molecule has 1 saturated carbocycles. The van der Waals surface area contributed by atoms with Gasteiger partial charge in [-0.1, -0.05) is 19.3 Å². The maximum Gasteiger partial charge on any atom is 0.353 e. The van der Waals surface area contributed by atoms with E-state index in [-0.39, 0.29) is 12.5 Å². The van der Waals surface area contributed by atoms with Crippen LogP contribution in [0.25, 0.3) is 0 Å². The molecule has 1 rings (SSSR count). The van der Waals surface area contributed by atoms with Crippen molar-refractivity contribution < 1.29 is 23.4 Å². The summed E-state index contributed by atoms with van der Waals surface area (Å²) < 4.78 is 34.9. The molecule has 0 aliphatic heterocycles. The van der Waals surface area contributed by atoms with Crippen molar-refractivity contribution in [2.75, 3.05) is 6.61 Å². The third-order valence-electron chi connectivity index (χ3n) is 3.04. The van der Waals surface area contributed by atoms with Crippen LogP contribution in [-0.4, -0.2) is 23.9 Å². The van der Waals surface area contributed by atoms with Crippen molar-refractivity contribution in [1.29, 1.82) is 0 Å². The molecule has 0 heterocycles. The zero-order valence-electron chi connectivity index (χ0n) is 11.0. The summed E-state index contributed by atoms with van der Waals surface area (Å²) in [5, 5.41) is 9.18. The molecule has 1 aliphatic rings. The Balaban J connectivity index is 2.38. The Kier molecular flexibility index (Phi) is 5.85. The van der Waals surface area contributed by atoms with E-state index in [1.165, 1.54) is 6.42 Å². The van der Waals surface area contributed by atoms with Gasteiger partial charge in [-0.05, 0) is 19.8 Å². The highest BCUT2D eigenvalue weighted by Crippen LogP contribution is 2.30. The van der Waals surface area contributed by atoms with Crippen LogP contribution in [0, 0.1) is 5.92 Å². The number of ether oxygens (including phenoxy) is 2. The molecule has 0 bridgehead atoms.